The van der Waals surface area contributed by atoms with Gasteiger partial charge in [-0.2, -0.15) is 0 Å². The highest BCUT2D eigenvalue weighted by molar-refractivity contribution is 6.00. The Kier molecular flexibility index (Phi) is 29.8. The number of hydrogen-bond donors (Lipinski definition) is 16. The first-order valence-corrected chi connectivity index (χ1v) is 34.9. The van der Waals surface area contributed by atoms with E-state index in [4.69, 9.17) is 11.5 Å². The van der Waals surface area contributed by atoms with Crippen LogP contribution in [0.2, 0.25) is 0 Å². The number of nitrogens with zero attached hydrogens (tertiary/aromatic N) is 3. The van der Waals surface area contributed by atoms with Crippen molar-refractivity contribution in [2.24, 2.45) is 23.3 Å². The first kappa shape index (κ1) is 80.9. The normalized spacial score (nSPS) is 16.9. The van der Waals surface area contributed by atoms with E-state index >= 15 is 0 Å². The molecule has 3 heterocycles. The molecule has 32 nitrogen and oxygen atoms in total. The lowest BCUT2D eigenvalue weighted by Crippen LogP contribution is -2.61. The fraction of sp³-hybridized carbons (Fsp3) is 0.452. The van der Waals surface area contributed by atoms with E-state index in [2.05, 4.69) is 57.8 Å². The molecular formula is C73H95N15O17. The number of rotatable bonds is 37. The smallest absolute Gasteiger partial charge is 0.326 e. The Morgan fingerprint density at radius 2 is 0.952 bits per heavy atom. The number of H-pyrrole nitrogens is 1. The summed E-state index contributed by atoms with van der Waals surface area (Å²) in [6, 6.07) is 11.1. The summed E-state index contributed by atoms with van der Waals surface area (Å²) in [6.07, 6.45) is 2.49. The van der Waals surface area contributed by atoms with Gasteiger partial charge in [0.05, 0.1) is 31.0 Å². The van der Waals surface area contributed by atoms with Crippen molar-refractivity contribution in [1.82, 2.24) is 67.6 Å². The molecule has 4 aromatic carbocycles. The number of aromatic nitrogens is 2. The first-order valence-electron chi connectivity index (χ1n) is 34.9. The van der Waals surface area contributed by atoms with Crippen molar-refractivity contribution in [3.05, 3.63) is 144 Å². The number of aliphatic carboxylic acids is 1. The Labute approximate surface area is 606 Å². The SMILES string of the molecule is CC[C@H](C)[C@H](NC(=O)[C@H](CC(N)=O)NC(=O)[C@@H]1CCCN1C(=O)[C@H](Cc1c[nH]cn1)NC(=O)[C@H](Cc1ccc(O)cc1)NC(=O)[C@H](C)N)C(=O)N1CCC[C@H]1C(=O)NCC(=O)N[C@@H](CC(C)C)C(=O)N[C@@H](Cc1ccc(O)cc1)C(=O)N[C@@H](Cc1ccc(O)cc1)C(=O)N[C@@H](Cc1ccccc1)C(=O)O. The van der Waals surface area contributed by atoms with Crippen molar-refractivity contribution in [3.63, 3.8) is 0 Å². The minimum atomic E-state index is -1.69. The third-order valence-corrected chi connectivity index (χ3v) is 18.2. The zero-order valence-electron chi connectivity index (χ0n) is 59.2. The molecule has 12 amide bonds. The highest BCUT2D eigenvalue weighted by atomic mass is 16.4. The molecule has 5 aromatic rings. The summed E-state index contributed by atoms with van der Waals surface area (Å²) in [4.78, 5) is 191. The fourth-order valence-electron chi connectivity index (χ4n) is 12.3. The summed E-state index contributed by atoms with van der Waals surface area (Å²) < 4.78 is 0. The van der Waals surface area contributed by atoms with Crippen molar-refractivity contribution in [3.8, 4) is 17.2 Å². The summed E-state index contributed by atoms with van der Waals surface area (Å²) >= 11 is 0. The number of carbonyl (C=O) groups is 13. The lowest BCUT2D eigenvalue weighted by Gasteiger charge is -2.33. The second kappa shape index (κ2) is 38.7. The van der Waals surface area contributed by atoms with Crippen LogP contribution in [-0.2, 0) is 94.4 Å². The van der Waals surface area contributed by atoms with E-state index in [9.17, 15) is 82.8 Å². The van der Waals surface area contributed by atoms with E-state index < -0.39 is 162 Å². The minimum absolute atomic E-state index is 0.0131. The van der Waals surface area contributed by atoms with Gasteiger partial charge in [0.1, 0.15) is 77.7 Å². The summed E-state index contributed by atoms with van der Waals surface area (Å²) in [5, 5.41) is 63.8. The molecule has 2 fully saturated rings. The number of benzene rings is 4. The molecule has 32 heteroatoms. The first-order chi connectivity index (χ1) is 50.0. The maximum absolute atomic E-state index is 14.7. The number of phenols is 3. The van der Waals surface area contributed by atoms with Gasteiger partial charge in [-0.3, -0.25) is 57.5 Å². The van der Waals surface area contributed by atoms with E-state index in [0.29, 0.717) is 47.2 Å². The van der Waals surface area contributed by atoms with Crippen LogP contribution < -0.4 is 59.3 Å². The van der Waals surface area contributed by atoms with Gasteiger partial charge < -0.3 is 94.5 Å². The van der Waals surface area contributed by atoms with E-state index in [1.807, 2.05) is 0 Å². The van der Waals surface area contributed by atoms with Crippen molar-refractivity contribution >= 4 is 76.9 Å². The molecule has 0 aliphatic carbocycles. The number of nitrogens with two attached hydrogens (primary N) is 2. The number of phenolic OH excluding ortho intramolecular Hbond substituents is 3. The van der Waals surface area contributed by atoms with Gasteiger partial charge in [0.15, 0.2) is 0 Å². The van der Waals surface area contributed by atoms with Crippen LogP contribution in [0.1, 0.15) is 108 Å². The van der Waals surface area contributed by atoms with Gasteiger partial charge >= 0.3 is 5.97 Å². The zero-order valence-corrected chi connectivity index (χ0v) is 59.2. The standard InChI is InChI=1S/C73H95N15O17/c1-6-41(4)62(86-68(99)55(36-60(75)92)83-70(101)59-15-11-28-87(59)71(102)56(35-47-37-76-39-78-47)84-66(97)52(80-63(94)42(5)74)31-44-16-22-48(89)23-17-44)72(103)88-29-10-14-58(88)69(100)77-38-61(93)79-51(30-40(2)3)64(95)81-53(32-45-18-24-49(90)25-19-45)65(96)82-54(33-46-20-26-50(91)27-21-46)67(98)85-57(73(104)105)34-43-12-8-7-9-13-43/h7-9,12-13,16-27,37,39-42,51-59,62,89-91H,6,10-11,14-15,28-36,38,74H2,1-5H3,(H2,75,92)(H,76,78)(H,77,100)(H,79,93)(H,80,94)(H,81,95)(H,82,96)(H,83,101)(H,84,97)(H,85,98)(H,86,99)(H,104,105)/t41-,42-,51-,52-,53-,54-,55-,56-,57-,58-,59-,62-/m0/s1. The fourth-order valence-corrected chi connectivity index (χ4v) is 12.3. The van der Waals surface area contributed by atoms with Gasteiger partial charge in [0.25, 0.3) is 0 Å². The van der Waals surface area contributed by atoms with Crippen molar-refractivity contribution in [2.45, 2.75) is 178 Å². The highest BCUT2D eigenvalue weighted by Crippen LogP contribution is 2.25. The summed E-state index contributed by atoms with van der Waals surface area (Å²) in [7, 11) is 0. The highest BCUT2D eigenvalue weighted by Gasteiger charge is 2.44. The Balaban J connectivity index is 1.01. The third kappa shape index (κ3) is 24.4. The minimum Gasteiger partial charge on any atom is -0.508 e. The molecule has 2 aliphatic rings. The number of aromatic hydroxyl groups is 3. The number of carboxylic acid groups (broad SMARTS) is 1. The zero-order chi connectivity index (χ0) is 76.6. The molecule has 18 N–H and O–H groups in total. The molecule has 12 atom stereocenters. The monoisotopic (exact) mass is 1450 g/mol. The summed E-state index contributed by atoms with van der Waals surface area (Å²) in [5.41, 5.74) is 13.9. The van der Waals surface area contributed by atoms with Crippen LogP contribution in [0.3, 0.4) is 0 Å². The molecule has 2 aliphatic heterocycles. The second-order valence-electron chi connectivity index (χ2n) is 26.9. The van der Waals surface area contributed by atoms with Crippen LogP contribution in [0, 0.1) is 11.8 Å². The number of carboxylic acids is 1. The van der Waals surface area contributed by atoms with Gasteiger partial charge in [-0.05, 0) is 110 Å². The number of primary amides is 1. The van der Waals surface area contributed by atoms with Crippen LogP contribution >= 0.6 is 0 Å². The molecule has 0 spiro atoms. The predicted octanol–water partition coefficient (Wildman–Crippen LogP) is -0.584. The topological polar surface area (TPSA) is 498 Å². The van der Waals surface area contributed by atoms with E-state index in [1.165, 1.54) is 89.9 Å². The van der Waals surface area contributed by atoms with Gasteiger partial charge in [-0.25, -0.2) is 9.78 Å². The number of nitrogens with one attached hydrogen (secondary N) is 10. The quantitative estimate of drug-likeness (QED) is 0.0236. The van der Waals surface area contributed by atoms with Gasteiger partial charge in [0, 0.05) is 51.4 Å². The van der Waals surface area contributed by atoms with Crippen LogP contribution in [-0.4, -0.2) is 203 Å². The average Bonchev–Trinajstić information content (AvgIpc) is 1.84. The number of hydrogen-bond acceptors (Lipinski definition) is 18. The Hall–Kier alpha value is -11.4. The van der Waals surface area contributed by atoms with E-state index in [0.717, 1.165) is 0 Å². The van der Waals surface area contributed by atoms with Crippen LogP contribution in [0.25, 0.3) is 0 Å². The van der Waals surface area contributed by atoms with Crippen molar-refractivity contribution < 1.29 is 82.8 Å². The number of imidazole rings is 1. The number of likely N-dealkylation sites (tertiary alicyclic amines) is 2. The van der Waals surface area contributed by atoms with Crippen molar-refractivity contribution in [1.29, 1.82) is 0 Å². The second-order valence-corrected chi connectivity index (χ2v) is 26.9. The lowest BCUT2D eigenvalue weighted by atomic mass is 9.96. The number of aromatic amines is 1. The Bertz CT molecular complexity index is 3840. The number of carbonyl (C=O) groups excluding carboxylic acids is 12. The Morgan fingerprint density at radius 3 is 1.41 bits per heavy atom. The van der Waals surface area contributed by atoms with Crippen molar-refractivity contribution in [2.75, 3.05) is 19.6 Å². The molecule has 2 saturated heterocycles. The van der Waals surface area contributed by atoms with Crippen LogP contribution in [0.15, 0.2) is 116 Å². The largest absolute Gasteiger partial charge is 0.508 e. The van der Waals surface area contributed by atoms with Gasteiger partial charge in [-0.1, -0.05) is 101 Å². The number of amides is 12. The summed E-state index contributed by atoms with van der Waals surface area (Å²) in [6.45, 7) is 7.73. The van der Waals surface area contributed by atoms with E-state index in [1.54, 1.807) is 70.2 Å². The maximum Gasteiger partial charge on any atom is 0.326 e. The van der Waals surface area contributed by atoms with Crippen LogP contribution in [0.4, 0.5) is 0 Å². The van der Waals surface area contributed by atoms with Crippen LogP contribution in [0.5, 0.6) is 17.2 Å². The third-order valence-electron chi connectivity index (χ3n) is 18.2. The summed E-state index contributed by atoms with van der Waals surface area (Å²) in [5.74, 6) is -12.4. The molecule has 0 radical (unpaired) electrons. The molecule has 1 aromatic heterocycles. The average molecular weight is 1450 g/mol. The molecular weight excluding hydrogens is 1360 g/mol. The molecule has 7 rings (SSSR count). The predicted molar refractivity (Wildman–Crippen MR) is 380 cm³/mol. The van der Waals surface area contributed by atoms with E-state index in [-0.39, 0.29) is 87.6 Å². The molecule has 105 heavy (non-hydrogen) atoms. The lowest BCUT2D eigenvalue weighted by molar-refractivity contribution is -0.144. The molecule has 0 unspecified atom stereocenters. The Morgan fingerprint density at radius 1 is 0.514 bits per heavy atom. The molecule has 0 bridgehead atoms. The molecule has 0 saturated carbocycles. The maximum atomic E-state index is 14.7. The molecule has 564 valence electrons. The van der Waals surface area contributed by atoms with Gasteiger partial charge in [0.2, 0.25) is 70.9 Å². The van der Waals surface area contributed by atoms with Gasteiger partial charge in [-0.15, -0.1) is 0 Å².